The van der Waals surface area contributed by atoms with Gasteiger partial charge in [0, 0.05) is 17.5 Å². The van der Waals surface area contributed by atoms with Crippen molar-refractivity contribution in [1.29, 1.82) is 0 Å². The molecule has 2 unspecified atom stereocenters. The van der Waals surface area contributed by atoms with Crippen LogP contribution in [0.2, 0.25) is 5.02 Å². The predicted molar refractivity (Wildman–Crippen MR) is 79.5 cm³/mol. The zero-order chi connectivity index (χ0) is 13.7. The lowest BCUT2D eigenvalue weighted by molar-refractivity contribution is -0.122. The molecular weight excluding hydrogens is 258 g/mol. The van der Waals surface area contributed by atoms with Gasteiger partial charge in [0.15, 0.2) is 0 Å². The highest BCUT2D eigenvalue weighted by Crippen LogP contribution is 2.49. The first-order valence-electron chi connectivity index (χ1n) is 7.26. The third-order valence-corrected chi connectivity index (χ3v) is 4.11. The second-order valence-electron chi connectivity index (χ2n) is 5.32. The van der Waals surface area contributed by atoms with Gasteiger partial charge >= 0.3 is 0 Å². The van der Waals surface area contributed by atoms with Gasteiger partial charge in [-0.3, -0.25) is 4.79 Å². The fourth-order valence-electron chi connectivity index (χ4n) is 2.50. The number of hydrogen-bond donors (Lipinski definition) is 1. The van der Waals surface area contributed by atoms with Gasteiger partial charge in [-0.25, -0.2) is 0 Å². The lowest BCUT2D eigenvalue weighted by Gasteiger charge is -2.05. The summed E-state index contributed by atoms with van der Waals surface area (Å²) in [6, 6.07) is 7.84. The van der Waals surface area contributed by atoms with E-state index in [2.05, 4.69) is 12.2 Å². The maximum absolute atomic E-state index is 12.0. The molecule has 0 aromatic heterocycles. The molecule has 104 valence electrons. The molecule has 0 heterocycles. The molecule has 19 heavy (non-hydrogen) atoms. The van der Waals surface area contributed by atoms with Crippen molar-refractivity contribution >= 4 is 17.5 Å². The largest absolute Gasteiger partial charge is 0.356 e. The standard InChI is InChI=1S/C16H22ClNO/c1-2-3-4-7-10-18-16(19)14-11-13(14)12-8-5-6-9-15(12)17/h5-6,8-9,13-14H,2-4,7,10-11H2,1H3,(H,18,19). The molecule has 1 amide bonds. The van der Waals surface area contributed by atoms with E-state index in [-0.39, 0.29) is 11.8 Å². The van der Waals surface area contributed by atoms with Crippen LogP contribution in [0.5, 0.6) is 0 Å². The quantitative estimate of drug-likeness (QED) is 0.747. The van der Waals surface area contributed by atoms with Crippen LogP contribution in [0.4, 0.5) is 0 Å². The molecule has 0 spiro atoms. The van der Waals surface area contributed by atoms with Crippen LogP contribution < -0.4 is 5.32 Å². The number of carbonyl (C=O) groups is 1. The van der Waals surface area contributed by atoms with Crippen molar-refractivity contribution < 1.29 is 4.79 Å². The molecule has 1 aromatic carbocycles. The van der Waals surface area contributed by atoms with Crippen LogP contribution in [0, 0.1) is 5.92 Å². The summed E-state index contributed by atoms with van der Waals surface area (Å²) in [5, 5.41) is 3.82. The van der Waals surface area contributed by atoms with Crippen LogP contribution in [0.3, 0.4) is 0 Å². The van der Waals surface area contributed by atoms with E-state index in [1.807, 2.05) is 24.3 Å². The normalized spacial score (nSPS) is 21.2. The summed E-state index contributed by atoms with van der Waals surface area (Å²) in [7, 11) is 0. The monoisotopic (exact) mass is 279 g/mol. The van der Waals surface area contributed by atoms with Gasteiger partial charge in [0.05, 0.1) is 0 Å². The van der Waals surface area contributed by atoms with Crippen molar-refractivity contribution in [3.05, 3.63) is 34.9 Å². The minimum atomic E-state index is 0.131. The van der Waals surface area contributed by atoms with Crippen LogP contribution in [-0.2, 0) is 4.79 Å². The van der Waals surface area contributed by atoms with Gasteiger partial charge in [-0.05, 0) is 30.4 Å². The lowest BCUT2D eigenvalue weighted by Crippen LogP contribution is -2.26. The van der Waals surface area contributed by atoms with E-state index in [9.17, 15) is 4.79 Å². The predicted octanol–water partition coefficient (Wildman–Crippen LogP) is 4.14. The van der Waals surface area contributed by atoms with Crippen molar-refractivity contribution in [3.63, 3.8) is 0 Å². The van der Waals surface area contributed by atoms with E-state index in [1.165, 1.54) is 19.3 Å². The summed E-state index contributed by atoms with van der Waals surface area (Å²) in [6.45, 7) is 3.00. The molecular formula is C16H22ClNO. The fourth-order valence-corrected chi connectivity index (χ4v) is 2.77. The molecule has 2 nitrogen and oxygen atoms in total. The molecule has 1 fully saturated rings. The number of halogens is 1. The number of benzene rings is 1. The Kier molecular flexibility index (Phi) is 5.26. The number of nitrogens with one attached hydrogen (secondary N) is 1. The first-order chi connectivity index (χ1) is 9.24. The fraction of sp³-hybridized carbons (Fsp3) is 0.562. The van der Waals surface area contributed by atoms with Gasteiger partial charge in [0.2, 0.25) is 5.91 Å². The second-order valence-corrected chi connectivity index (χ2v) is 5.73. The van der Waals surface area contributed by atoms with Crippen LogP contribution in [0.1, 0.15) is 50.5 Å². The number of unbranched alkanes of at least 4 members (excludes halogenated alkanes) is 3. The molecule has 0 aliphatic heterocycles. The number of hydrogen-bond acceptors (Lipinski definition) is 1. The third-order valence-electron chi connectivity index (χ3n) is 3.76. The molecule has 1 aromatic rings. The average molecular weight is 280 g/mol. The lowest BCUT2D eigenvalue weighted by atomic mass is 10.1. The number of amides is 1. The molecule has 1 aliphatic rings. The van der Waals surface area contributed by atoms with E-state index in [4.69, 9.17) is 11.6 Å². The maximum atomic E-state index is 12.0. The van der Waals surface area contributed by atoms with Crippen LogP contribution >= 0.6 is 11.6 Å². The Labute approximate surface area is 120 Å². The van der Waals surface area contributed by atoms with Crippen molar-refractivity contribution in [3.8, 4) is 0 Å². The highest BCUT2D eigenvalue weighted by molar-refractivity contribution is 6.31. The minimum absolute atomic E-state index is 0.131. The summed E-state index contributed by atoms with van der Waals surface area (Å²) in [6.07, 6.45) is 5.70. The van der Waals surface area contributed by atoms with Gasteiger partial charge in [-0.15, -0.1) is 0 Å². The summed E-state index contributed by atoms with van der Waals surface area (Å²) in [5.41, 5.74) is 1.12. The number of carbonyl (C=O) groups excluding carboxylic acids is 1. The molecule has 0 saturated heterocycles. The highest BCUT2D eigenvalue weighted by atomic mass is 35.5. The maximum Gasteiger partial charge on any atom is 0.223 e. The Hall–Kier alpha value is -1.02. The number of rotatable bonds is 7. The van der Waals surface area contributed by atoms with Crippen LogP contribution in [0.25, 0.3) is 0 Å². The topological polar surface area (TPSA) is 29.1 Å². The van der Waals surface area contributed by atoms with Gasteiger partial charge < -0.3 is 5.32 Å². The first kappa shape index (κ1) is 14.4. The van der Waals surface area contributed by atoms with Crippen molar-refractivity contribution in [1.82, 2.24) is 5.32 Å². The van der Waals surface area contributed by atoms with Crippen LogP contribution in [-0.4, -0.2) is 12.5 Å². The summed E-state index contributed by atoms with van der Waals surface area (Å²) in [4.78, 5) is 12.0. The average Bonchev–Trinajstić information content (AvgIpc) is 3.19. The molecule has 0 radical (unpaired) electrons. The molecule has 1 saturated carbocycles. The SMILES string of the molecule is CCCCCCNC(=O)C1CC1c1ccccc1Cl. The van der Waals surface area contributed by atoms with Crippen molar-refractivity contribution in [2.75, 3.05) is 6.54 Å². The first-order valence-corrected chi connectivity index (χ1v) is 7.64. The zero-order valence-corrected chi connectivity index (χ0v) is 12.2. The Morgan fingerprint density at radius 3 is 2.84 bits per heavy atom. The molecule has 2 rings (SSSR count). The summed E-state index contributed by atoms with van der Waals surface area (Å²) in [5.74, 6) is 0.650. The molecule has 1 N–H and O–H groups in total. The van der Waals surface area contributed by atoms with E-state index in [0.717, 1.165) is 30.0 Å². The molecule has 2 atom stereocenters. The summed E-state index contributed by atoms with van der Waals surface area (Å²) >= 11 is 6.16. The minimum Gasteiger partial charge on any atom is -0.356 e. The van der Waals surface area contributed by atoms with Gasteiger partial charge in [-0.1, -0.05) is 56.0 Å². The third kappa shape index (κ3) is 3.97. The molecule has 3 heteroatoms. The van der Waals surface area contributed by atoms with Gasteiger partial charge in [-0.2, -0.15) is 0 Å². The molecule has 1 aliphatic carbocycles. The Morgan fingerprint density at radius 1 is 1.32 bits per heavy atom. The van der Waals surface area contributed by atoms with E-state index in [1.54, 1.807) is 0 Å². The van der Waals surface area contributed by atoms with E-state index >= 15 is 0 Å². The summed E-state index contributed by atoms with van der Waals surface area (Å²) < 4.78 is 0. The van der Waals surface area contributed by atoms with Crippen LogP contribution in [0.15, 0.2) is 24.3 Å². The zero-order valence-electron chi connectivity index (χ0n) is 11.5. The molecule has 0 bridgehead atoms. The Bertz CT molecular complexity index is 433. The van der Waals surface area contributed by atoms with Gasteiger partial charge in [0.1, 0.15) is 0 Å². The Morgan fingerprint density at radius 2 is 2.11 bits per heavy atom. The van der Waals surface area contributed by atoms with E-state index in [0.29, 0.717) is 5.92 Å². The Balaban J connectivity index is 1.73. The smallest absolute Gasteiger partial charge is 0.223 e. The van der Waals surface area contributed by atoms with Crippen molar-refractivity contribution in [2.45, 2.75) is 44.9 Å². The second kappa shape index (κ2) is 6.95. The van der Waals surface area contributed by atoms with Gasteiger partial charge in [0.25, 0.3) is 0 Å². The highest BCUT2D eigenvalue weighted by Gasteiger charge is 2.44. The van der Waals surface area contributed by atoms with E-state index < -0.39 is 0 Å². The van der Waals surface area contributed by atoms with Crippen molar-refractivity contribution in [2.24, 2.45) is 5.92 Å².